The van der Waals surface area contributed by atoms with E-state index in [9.17, 15) is 0 Å². The number of benzene rings is 2. The number of rotatable bonds is 0. The first kappa shape index (κ1) is 12.3. The van der Waals surface area contributed by atoms with Crippen molar-refractivity contribution >= 4 is 23.3 Å². The van der Waals surface area contributed by atoms with Crippen molar-refractivity contribution in [3.8, 4) is 0 Å². The van der Waals surface area contributed by atoms with Crippen LogP contribution in [0.15, 0.2) is 36.4 Å². The fraction of sp³-hybridized carbons (Fsp3) is 0.286. The van der Waals surface area contributed by atoms with E-state index in [4.69, 9.17) is 0 Å². The molecule has 84 valence electrons. The van der Waals surface area contributed by atoms with Gasteiger partial charge < -0.3 is 24.0 Å². The molecule has 1 aliphatic heterocycles. The number of hydrogen-bond acceptors (Lipinski definition) is 0. The fourth-order valence-electron chi connectivity index (χ4n) is 2.67. The molecule has 3 rings (SSSR count). The zero-order chi connectivity index (χ0) is 10.5. The van der Waals surface area contributed by atoms with Crippen LogP contribution in [0.5, 0.6) is 0 Å². The zero-order valence-corrected chi connectivity index (χ0v) is 12.8. The van der Waals surface area contributed by atoms with Crippen LogP contribution in [0.4, 0.5) is 0 Å². The number of halogens is 1. The van der Waals surface area contributed by atoms with E-state index in [1.54, 1.807) is 10.9 Å². The van der Waals surface area contributed by atoms with Gasteiger partial charge in [-0.2, -0.15) is 0 Å². The molecule has 0 bridgehead atoms. The first-order chi connectivity index (χ1) is 7.18. The van der Waals surface area contributed by atoms with Gasteiger partial charge in [-0.1, -0.05) is 30.3 Å². The summed E-state index contributed by atoms with van der Waals surface area (Å²) < 4.78 is 0. The summed E-state index contributed by atoms with van der Waals surface area (Å²) in [5, 5.41) is 4.56. The molecule has 1 heterocycles. The van der Waals surface area contributed by atoms with E-state index < -0.39 is 7.26 Å². The van der Waals surface area contributed by atoms with E-state index >= 15 is 0 Å². The lowest BCUT2D eigenvalue weighted by Crippen LogP contribution is -3.00. The van der Waals surface area contributed by atoms with Crippen molar-refractivity contribution in [1.82, 2.24) is 0 Å². The van der Waals surface area contributed by atoms with E-state index in [1.165, 1.54) is 23.4 Å². The summed E-state index contributed by atoms with van der Waals surface area (Å²) in [6.07, 6.45) is 2.69. The quantitative estimate of drug-likeness (QED) is 0.477. The minimum absolute atomic E-state index is 0. The topological polar surface area (TPSA) is 0 Å². The molecule has 0 atom stereocenters. The average molecular weight is 342 g/mol. The van der Waals surface area contributed by atoms with Gasteiger partial charge in [0.2, 0.25) is 0 Å². The average Bonchev–Trinajstić information content (AvgIpc) is 2.55. The maximum Gasteiger partial charge on any atom is 0.0973 e. The summed E-state index contributed by atoms with van der Waals surface area (Å²) in [7, 11) is -0.788. The van der Waals surface area contributed by atoms with Gasteiger partial charge in [0.25, 0.3) is 0 Å². The molecule has 2 heteroatoms. The monoisotopic (exact) mass is 342 g/mol. The molecular weight excluding hydrogens is 326 g/mol. The molecule has 16 heavy (non-hydrogen) atoms. The Morgan fingerprint density at radius 3 is 2.56 bits per heavy atom. The third-order valence-electron chi connectivity index (χ3n) is 3.59. The molecule has 2 aromatic rings. The standard InChI is InChI=1S/C14H16P.HI/c1-15(2)10-9-13-12-6-4-3-5-11(12)7-8-14(13)15;/h3-8H,9-10H2,1-2H3;1H/q+1;/p-1. The molecule has 0 spiro atoms. The second-order valence-corrected chi connectivity index (χ2v) is 9.24. The summed E-state index contributed by atoms with van der Waals surface area (Å²) in [5.74, 6) is 0. The minimum atomic E-state index is -0.788. The normalized spacial score (nSPS) is 16.9. The molecule has 0 fully saturated rings. The highest BCUT2D eigenvalue weighted by Gasteiger charge is 2.37. The van der Waals surface area contributed by atoms with Gasteiger partial charge in [-0.25, -0.2) is 0 Å². The van der Waals surface area contributed by atoms with Crippen LogP contribution in [0.2, 0.25) is 0 Å². The van der Waals surface area contributed by atoms with Crippen molar-refractivity contribution in [3.63, 3.8) is 0 Å². The molecule has 0 unspecified atom stereocenters. The Balaban J connectivity index is 0.000000963. The molecule has 0 nitrogen and oxygen atoms in total. The van der Waals surface area contributed by atoms with Gasteiger partial charge in [0.1, 0.15) is 0 Å². The molecule has 0 amide bonds. The molecule has 0 radical (unpaired) electrons. The smallest absolute Gasteiger partial charge is 0.0973 e. The van der Waals surface area contributed by atoms with Crippen LogP contribution in [-0.4, -0.2) is 19.5 Å². The van der Waals surface area contributed by atoms with Crippen LogP contribution in [0.1, 0.15) is 5.56 Å². The van der Waals surface area contributed by atoms with Crippen LogP contribution >= 0.6 is 7.26 Å². The zero-order valence-electron chi connectivity index (χ0n) is 9.70. The van der Waals surface area contributed by atoms with Crippen LogP contribution in [0, 0.1) is 0 Å². The van der Waals surface area contributed by atoms with Crippen LogP contribution in [0.25, 0.3) is 10.8 Å². The lowest BCUT2D eigenvalue weighted by Gasteiger charge is -2.11. The van der Waals surface area contributed by atoms with Crippen LogP contribution in [0.3, 0.4) is 0 Å². The minimum Gasteiger partial charge on any atom is -1.00 e. The van der Waals surface area contributed by atoms with Crippen molar-refractivity contribution in [1.29, 1.82) is 0 Å². The van der Waals surface area contributed by atoms with Gasteiger partial charge in [0, 0.05) is 19.2 Å². The fourth-order valence-corrected chi connectivity index (χ4v) is 5.13. The Bertz CT molecular complexity index is 531. The Morgan fingerprint density at radius 1 is 1.00 bits per heavy atom. The molecule has 0 N–H and O–H groups in total. The molecule has 0 aliphatic carbocycles. The van der Waals surface area contributed by atoms with Gasteiger partial charge in [-0.3, -0.25) is 0 Å². The van der Waals surface area contributed by atoms with Gasteiger partial charge in [0.05, 0.1) is 24.8 Å². The highest BCUT2D eigenvalue weighted by atomic mass is 127. The summed E-state index contributed by atoms with van der Waals surface area (Å²) in [6, 6.07) is 13.5. The van der Waals surface area contributed by atoms with E-state index in [0.29, 0.717) is 0 Å². The summed E-state index contributed by atoms with van der Waals surface area (Å²) in [4.78, 5) is 0. The Labute approximate surface area is 115 Å². The lowest BCUT2D eigenvalue weighted by atomic mass is 10.0. The largest absolute Gasteiger partial charge is 1.00 e. The van der Waals surface area contributed by atoms with Gasteiger partial charge in [-0.05, 0) is 16.8 Å². The maximum atomic E-state index is 2.47. The van der Waals surface area contributed by atoms with Gasteiger partial charge in [0.15, 0.2) is 0 Å². The van der Waals surface area contributed by atoms with Crippen molar-refractivity contribution < 1.29 is 24.0 Å². The van der Waals surface area contributed by atoms with Crippen molar-refractivity contribution in [2.24, 2.45) is 0 Å². The Morgan fingerprint density at radius 2 is 1.75 bits per heavy atom. The summed E-state index contributed by atoms with van der Waals surface area (Å²) in [6.45, 7) is 4.93. The second-order valence-electron chi connectivity index (χ2n) is 4.94. The number of fused-ring (bicyclic) bond motifs is 3. The Hall–Kier alpha value is -0.140. The molecule has 2 aromatic carbocycles. The molecule has 0 saturated carbocycles. The third-order valence-corrected chi connectivity index (χ3v) is 6.65. The summed E-state index contributed by atoms with van der Waals surface area (Å²) >= 11 is 0. The number of aryl methyl sites for hydroxylation is 1. The van der Waals surface area contributed by atoms with E-state index in [0.717, 1.165) is 0 Å². The van der Waals surface area contributed by atoms with E-state index in [-0.39, 0.29) is 24.0 Å². The van der Waals surface area contributed by atoms with Crippen molar-refractivity contribution in [2.45, 2.75) is 6.42 Å². The highest BCUT2D eigenvalue weighted by molar-refractivity contribution is 7.82. The molecule has 0 aromatic heterocycles. The van der Waals surface area contributed by atoms with Crippen molar-refractivity contribution in [3.05, 3.63) is 42.0 Å². The first-order valence-electron chi connectivity index (χ1n) is 5.53. The predicted octanol–water partition coefficient (Wildman–Crippen LogP) is 0.302. The number of hydrogen-bond donors (Lipinski definition) is 0. The molecular formula is C14H16IP. The first-order valence-corrected chi connectivity index (χ1v) is 8.39. The van der Waals surface area contributed by atoms with Gasteiger partial charge >= 0.3 is 0 Å². The van der Waals surface area contributed by atoms with Crippen LogP contribution < -0.4 is 29.3 Å². The Kier molecular flexibility index (Phi) is 3.29. The highest BCUT2D eigenvalue weighted by Crippen LogP contribution is 2.55. The maximum absolute atomic E-state index is 2.47. The van der Waals surface area contributed by atoms with E-state index in [1.807, 2.05) is 0 Å². The lowest BCUT2D eigenvalue weighted by molar-refractivity contribution is -0.00000307. The van der Waals surface area contributed by atoms with Crippen LogP contribution in [-0.2, 0) is 6.42 Å². The van der Waals surface area contributed by atoms with Crippen molar-refractivity contribution in [2.75, 3.05) is 19.5 Å². The summed E-state index contributed by atoms with van der Waals surface area (Å²) in [5.41, 5.74) is 1.63. The molecule has 1 aliphatic rings. The SMILES string of the molecule is C[P+]1(C)CCc2c1ccc1ccccc21.[I-]. The van der Waals surface area contributed by atoms with E-state index in [2.05, 4.69) is 49.7 Å². The van der Waals surface area contributed by atoms with Gasteiger partial charge in [-0.15, -0.1) is 0 Å². The third kappa shape index (κ3) is 1.78. The second kappa shape index (κ2) is 4.27. The predicted molar refractivity (Wildman–Crippen MR) is 70.9 cm³/mol. The molecule has 0 saturated heterocycles.